The smallest absolute Gasteiger partial charge is 0.331 e. The van der Waals surface area contributed by atoms with E-state index in [2.05, 4.69) is 12.2 Å². The molecule has 0 aromatic carbocycles. The summed E-state index contributed by atoms with van der Waals surface area (Å²) < 4.78 is 5.20. The number of amides is 2. The van der Waals surface area contributed by atoms with Crippen LogP contribution in [-0.4, -0.2) is 75.8 Å². The summed E-state index contributed by atoms with van der Waals surface area (Å²) in [7, 11) is 0. The van der Waals surface area contributed by atoms with Crippen LogP contribution in [0.2, 0.25) is 0 Å². The minimum Gasteiger partial charge on any atom is -0.458 e. The lowest BCUT2D eigenvalue weighted by Gasteiger charge is -2.65. The quantitative estimate of drug-likeness (QED) is 0.431. The Balaban J connectivity index is 1.19. The first-order valence-corrected chi connectivity index (χ1v) is 14.1. The zero-order valence-electron chi connectivity index (χ0n) is 21.6. The van der Waals surface area contributed by atoms with Crippen molar-refractivity contribution in [3.8, 4) is 0 Å². The lowest BCUT2D eigenvalue weighted by atomic mass is 9.42. The van der Waals surface area contributed by atoms with Crippen molar-refractivity contribution in [2.24, 2.45) is 34.5 Å². The third-order valence-electron chi connectivity index (χ3n) is 11.9. The monoisotopic (exact) mass is 502 g/mol. The first-order chi connectivity index (χ1) is 17.1. The van der Waals surface area contributed by atoms with Crippen molar-refractivity contribution < 1.29 is 29.6 Å². The molecule has 0 radical (unpaired) electrons. The second-order valence-electron chi connectivity index (χ2n) is 13.2. The van der Waals surface area contributed by atoms with Gasteiger partial charge in [0.05, 0.1) is 17.8 Å². The number of likely N-dealkylation sites (tertiary alicyclic amines) is 1. The van der Waals surface area contributed by atoms with Gasteiger partial charge >= 0.3 is 12.0 Å². The number of aliphatic hydroxyl groups excluding tert-OH is 2. The van der Waals surface area contributed by atoms with Crippen molar-refractivity contribution in [3.05, 3.63) is 11.6 Å². The number of β-amino-alcohol motifs (C(OH)–C–C–N with tert-alkyl or cyclic N) is 1. The summed E-state index contributed by atoms with van der Waals surface area (Å²) >= 11 is 0. The Morgan fingerprint density at radius 1 is 1.08 bits per heavy atom. The Bertz CT molecular complexity index is 970. The molecule has 6 aliphatic rings. The van der Waals surface area contributed by atoms with Crippen LogP contribution in [0, 0.1) is 34.5 Å². The average Bonchev–Trinajstić information content (AvgIpc) is 3.53. The molecule has 4 aliphatic carbocycles. The van der Waals surface area contributed by atoms with Gasteiger partial charge in [0.25, 0.3) is 0 Å². The summed E-state index contributed by atoms with van der Waals surface area (Å²) in [5.74, 6) is 0.468. The largest absolute Gasteiger partial charge is 0.458 e. The Labute approximate surface area is 213 Å². The van der Waals surface area contributed by atoms with E-state index in [4.69, 9.17) is 4.74 Å². The molecule has 1 saturated heterocycles. The number of carbonyl (C=O) groups is 2. The van der Waals surface area contributed by atoms with Crippen LogP contribution in [0.3, 0.4) is 0 Å². The van der Waals surface area contributed by atoms with Gasteiger partial charge in [-0.25, -0.2) is 9.59 Å². The Morgan fingerprint density at radius 2 is 1.89 bits per heavy atom. The number of carbonyl (C=O) groups excluding carboxylic acids is 2. The molecule has 200 valence electrons. The molecule has 36 heavy (non-hydrogen) atoms. The van der Waals surface area contributed by atoms with Gasteiger partial charge in [-0.2, -0.15) is 0 Å². The second kappa shape index (κ2) is 8.43. The van der Waals surface area contributed by atoms with E-state index in [1.165, 1.54) is 0 Å². The van der Waals surface area contributed by atoms with Crippen LogP contribution in [0.4, 0.5) is 4.79 Å². The molecule has 2 aliphatic heterocycles. The van der Waals surface area contributed by atoms with Crippen molar-refractivity contribution in [2.45, 2.75) is 95.5 Å². The van der Waals surface area contributed by atoms with Gasteiger partial charge in [0.15, 0.2) is 0 Å². The third-order valence-corrected chi connectivity index (χ3v) is 11.9. The molecule has 0 aromatic rings. The van der Waals surface area contributed by atoms with Crippen LogP contribution in [0.25, 0.3) is 0 Å². The second-order valence-corrected chi connectivity index (χ2v) is 13.2. The van der Waals surface area contributed by atoms with Crippen molar-refractivity contribution in [1.82, 2.24) is 10.2 Å². The molecule has 10 atom stereocenters. The predicted molar refractivity (Wildman–Crippen MR) is 132 cm³/mol. The van der Waals surface area contributed by atoms with E-state index >= 15 is 0 Å². The standard InChI is InChI=1S/C28H42N2O6/c1-26-8-5-18(29-25(34)30-10-7-19(31)14-30)12-17(26)3-4-21-22(26)13-23(32)27(2)20(6-9-28(21,27)35)16-11-24(33)36-15-16/h11,17-23,31-32,35H,3-10,12-15H2,1-2H3,(H,29,34)/t17-,18+,19+,20-,21-,22+,23-,26+,27+,28+/m1/s1. The van der Waals surface area contributed by atoms with Gasteiger partial charge in [0.1, 0.15) is 6.61 Å². The van der Waals surface area contributed by atoms with Gasteiger partial charge in [-0.3, -0.25) is 0 Å². The maximum Gasteiger partial charge on any atom is 0.331 e. The summed E-state index contributed by atoms with van der Waals surface area (Å²) in [5, 5.41) is 37.0. The highest BCUT2D eigenvalue weighted by Gasteiger charge is 2.70. The number of hydrogen-bond donors (Lipinski definition) is 4. The number of aliphatic hydroxyl groups is 3. The van der Waals surface area contributed by atoms with E-state index < -0.39 is 23.2 Å². The molecular formula is C28H42N2O6. The van der Waals surface area contributed by atoms with Crippen LogP contribution in [0.5, 0.6) is 0 Å². The Hall–Kier alpha value is -1.64. The lowest BCUT2D eigenvalue weighted by Crippen LogP contribution is -2.67. The maximum atomic E-state index is 12.7. The number of nitrogens with zero attached hydrogens (tertiary/aromatic N) is 1. The molecule has 2 amide bonds. The summed E-state index contributed by atoms with van der Waals surface area (Å²) in [6.07, 6.45) is 8.05. The number of urea groups is 1. The molecule has 4 saturated carbocycles. The van der Waals surface area contributed by atoms with Crippen LogP contribution in [-0.2, 0) is 9.53 Å². The van der Waals surface area contributed by atoms with Gasteiger partial charge < -0.3 is 30.3 Å². The van der Waals surface area contributed by atoms with Crippen LogP contribution in [0.1, 0.15) is 71.6 Å². The van der Waals surface area contributed by atoms with Crippen molar-refractivity contribution in [3.63, 3.8) is 0 Å². The zero-order valence-corrected chi connectivity index (χ0v) is 21.6. The van der Waals surface area contributed by atoms with E-state index in [0.717, 1.165) is 44.1 Å². The van der Waals surface area contributed by atoms with Gasteiger partial charge in [0, 0.05) is 30.6 Å². The Kier molecular flexibility index (Phi) is 5.78. The number of nitrogens with one attached hydrogen (secondary N) is 1. The van der Waals surface area contributed by atoms with Crippen molar-refractivity contribution >= 4 is 12.0 Å². The van der Waals surface area contributed by atoms with E-state index in [-0.39, 0.29) is 47.8 Å². The van der Waals surface area contributed by atoms with Crippen LogP contribution >= 0.6 is 0 Å². The predicted octanol–water partition coefficient (Wildman–Crippen LogP) is 2.36. The van der Waals surface area contributed by atoms with Crippen LogP contribution < -0.4 is 5.32 Å². The maximum absolute atomic E-state index is 12.7. The average molecular weight is 503 g/mol. The summed E-state index contributed by atoms with van der Waals surface area (Å²) in [4.78, 5) is 26.2. The highest BCUT2D eigenvalue weighted by atomic mass is 16.5. The topological polar surface area (TPSA) is 119 Å². The highest BCUT2D eigenvalue weighted by molar-refractivity contribution is 5.85. The van der Waals surface area contributed by atoms with E-state index in [1.54, 1.807) is 11.0 Å². The number of ether oxygens (including phenoxy) is 1. The number of rotatable bonds is 2. The summed E-state index contributed by atoms with van der Waals surface area (Å²) in [5.41, 5.74) is -0.682. The number of cyclic esters (lactones) is 1. The Morgan fingerprint density at radius 3 is 2.58 bits per heavy atom. The molecule has 8 nitrogen and oxygen atoms in total. The molecule has 0 spiro atoms. The van der Waals surface area contributed by atoms with Crippen LogP contribution in [0.15, 0.2) is 11.6 Å². The molecular weight excluding hydrogens is 460 g/mol. The number of esters is 1. The molecule has 6 rings (SSSR count). The minimum atomic E-state index is -0.956. The van der Waals surface area contributed by atoms with Gasteiger partial charge in [-0.1, -0.05) is 13.8 Å². The fourth-order valence-corrected chi connectivity index (χ4v) is 9.71. The van der Waals surface area contributed by atoms with E-state index in [0.29, 0.717) is 38.3 Å². The summed E-state index contributed by atoms with van der Waals surface area (Å²) in [6, 6.07) is 0.0714. The number of fused-ring (bicyclic) bond motifs is 5. The third kappa shape index (κ3) is 3.43. The zero-order chi connectivity index (χ0) is 25.5. The molecule has 0 unspecified atom stereocenters. The van der Waals surface area contributed by atoms with E-state index in [1.807, 2.05) is 6.92 Å². The molecule has 8 heteroatoms. The highest BCUT2D eigenvalue weighted by Crippen LogP contribution is 2.69. The van der Waals surface area contributed by atoms with Crippen molar-refractivity contribution in [1.29, 1.82) is 0 Å². The van der Waals surface area contributed by atoms with Gasteiger partial charge in [-0.05, 0) is 92.4 Å². The summed E-state index contributed by atoms with van der Waals surface area (Å²) in [6.45, 7) is 5.71. The molecule has 5 fully saturated rings. The first kappa shape index (κ1) is 24.7. The molecule has 4 N–H and O–H groups in total. The fraction of sp³-hybridized carbons (Fsp3) is 0.857. The molecule has 0 aromatic heterocycles. The normalized spacial score (nSPS) is 50.1. The SMILES string of the molecule is C[C@]12CC[C@H](NC(=O)N3CC[C@H](O)C3)C[C@H]1CC[C@@H]1[C@@H]2C[C@@H](O)[C@]2(C)[C@@H](C3=CC(=O)OC3)CC[C@]12O. The fourth-order valence-electron chi connectivity index (χ4n) is 9.71. The van der Waals surface area contributed by atoms with Crippen molar-refractivity contribution in [2.75, 3.05) is 19.7 Å². The molecule has 2 heterocycles. The van der Waals surface area contributed by atoms with Gasteiger partial charge in [-0.15, -0.1) is 0 Å². The first-order valence-electron chi connectivity index (χ1n) is 14.1. The minimum absolute atomic E-state index is 0.0236. The molecule has 0 bridgehead atoms. The lowest BCUT2D eigenvalue weighted by molar-refractivity contribution is -0.242. The van der Waals surface area contributed by atoms with Gasteiger partial charge in [0.2, 0.25) is 0 Å². The number of hydrogen-bond acceptors (Lipinski definition) is 6. The van der Waals surface area contributed by atoms with E-state index in [9.17, 15) is 24.9 Å².